The van der Waals surface area contributed by atoms with E-state index in [1.165, 1.54) is 7.11 Å². The summed E-state index contributed by atoms with van der Waals surface area (Å²) in [5.41, 5.74) is 0.961. The van der Waals surface area contributed by atoms with Gasteiger partial charge in [0.2, 0.25) is 5.76 Å². The minimum atomic E-state index is -0.549. The second-order valence-corrected chi connectivity index (χ2v) is 7.74. The molecule has 29 heavy (non-hydrogen) atoms. The first kappa shape index (κ1) is 19.1. The fraction of sp³-hybridized carbons (Fsp3) is 0.227. The minimum Gasteiger partial charge on any atom is -0.463 e. The van der Waals surface area contributed by atoms with Gasteiger partial charge in [-0.3, -0.25) is 9.36 Å². The molecular weight excluding hydrogens is 388 g/mol. The highest BCUT2D eigenvalue weighted by Crippen LogP contribution is 2.23. The molecule has 0 atom stereocenters. The number of furan rings is 1. The number of nitrogens with zero attached hydrogens (tertiary/aromatic N) is 2. The Balaban J connectivity index is 1.80. The van der Waals surface area contributed by atoms with Crippen molar-refractivity contribution < 1.29 is 13.9 Å². The van der Waals surface area contributed by atoms with Crippen molar-refractivity contribution in [1.82, 2.24) is 9.55 Å². The molecule has 0 aliphatic carbocycles. The largest absolute Gasteiger partial charge is 0.463 e. The fourth-order valence-electron chi connectivity index (χ4n) is 3.19. The molecule has 6 nitrogen and oxygen atoms in total. The van der Waals surface area contributed by atoms with Crippen molar-refractivity contribution in [1.29, 1.82) is 0 Å². The number of hydrogen-bond donors (Lipinski definition) is 0. The molecule has 0 unspecified atom stereocenters. The van der Waals surface area contributed by atoms with E-state index < -0.39 is 5.97 Å². The zero-order chi connectivity index (χ0) is 20.4. The van der Waals surface area contributed by atoms with Crippen molar-refractivity contribution in [2.45, 2.75) is 26.3 Å². The van der Waals surface area contributed by atoms with Crippen molar-refractivity contribution in [2.75, 3.05) is 7.11 Å². The van der Waals surface area contributed by atoms with E-state index in [9.17, 15) is 9.59 Å². The van der Waals surface area contributed by atoms with Gasteiger partial charge in [-0.2, -0.15) is 0 Å². The molecule has 3 heterocycles. The first-order valence-corrected chi connectivity index (χ1v) is 10.1. The summed E-state index contributed by atoms with van der Waals surface area (Å²) in [7, 11) is 1.30. The summed E-state index contributed by atoms with van der Waals surface area (Å²) in [6.45, 7) is 2.25. The molecule has 1 aromatic carbocycles. The smallest absolute Gasteiger partial charge is 0.373 e. The van der Waals surface area contributed by atoms with Gasteiger partial charge in [0.05, 0.1) is 19.0 Å². The second-order valence-electron chi connectivity index (χ2n) is 6.62. The van der Waals surface area contributed by atoms with E-state index in [1.54, 1.807) is 28.0 Å². The number of hydrogen-bond acceptors (Lipinski definition) is 6. The summed E-state index contributed by atoms with van der Waals surface area (Å²) in [6, 6.07) is 15.0. The van der Waals surface area contributed by atoms with Crippen molar-refractivity contribution in [3.63, 3.8) is 0 Å². The van der Waals surface area contributed by atoms with Gasteiger partial charge in [0, 0.05) is 11.3 Å². The molecule has 4 aromatic rings. The van der Waals surface area contributed by atoms with Gasteiger partial charge in [0.1, 0.15) is 16.4 Å². The van der Waals surface area contributed by atoms with Gasteiger partial charge in [-0.05, 0) is 30.2 Å². The lowest BCUT2D eigenvalue weighted by Gasteiger charge is -2.11. The zero-order valence-corrected chi connectivity index (χ0v) is 17.0. The van der Waals surface area contributed by atoms with Crippen LogP contribution in [0.2, 0.25) is 0 Å². The normalized spacial score (nSPS) is 11.1. The fourth-order valence-corrected chi connectivity index (χ4v) is 4.16. The van der Waals surface area contributed by atoms with E-state index in [2.05, 4.69) is 11.7 Å². The number of thiophene rings is 1. The highest BCUT2D eigenvalue weighted by molar-refractivity contribution is 7.18. The predicted molar refractivity (Wildman–Crippen MR) is 112 cm³/mol. The summed E-state index contributed by atoms with van der Waals surface area (Å²) in [5.74, 6) is 0.716. The Morgan fingerprint density at radius 3 is 2.72 bits per heavy atom. The van der Waals surface area contributed by atoms with E-state index in [4.69, 9.17) is 9.40 Å². The van der Waals surface area contributed by atoms with E-state index in [0.29, 0.717) is 23.4 Å². The lowest BCUT2D eigenvalue weighted by atomic mass is 10.1. The zero-order valence-electron chi connectivity index (χ0n) is 16.2. The third kappa shape index (κ3) is 3.86. The molecule has 0 fully saturated rings. The van der Waals surface area contributed by atoms with Gasteiger partial charge in [-0.15, -0.1) is 11.3 Å². The van der Waals surface area contributed by atoms with Crippen LogP contribution in [-0.4, -0.2) is 22.6 Å². The van der Waals surface area contributed by atoms with Crippen LogP contribution < -0.4 is 5.56 Å². The van der Waals surface area contributed by atoms with Crippen LogP contribution >= 0.6 is 11.3 Å². The number of ether oxygens (including phenoxy) is 1. The second kappa shape index (κ2) is 8.05. The number of fused-ring (bicyclic) bond motifs is 1. The average molecular weight is 408 g/mol. The predicted octanol–water partition coefficient (Wildman–Crippen LogP) is 4.04. The third-order valence-corrected chi connectivity index (χ3v) is 5.87. The maximum Gasteiger partial charge on any atom is 0.373 e. The molecule has 148 valence electrons. The molecule has 0 aliphatic heterocycles. The molecule has 0 radical (unpaired) electrons. The highest BCUT2D eigenvalue weighted by atomic mass is 32.1. The van der Waals surface area contributed by atoms with Crippen LogP contribution in [0.25, 0.3) is 10.2 Å². The molecular formula is C22H20N2O4S. The van der Waals surface area contributed by atoms with Gasteiger partial charge in [-0.1, -0.05) is 37.3 Å². The van der Waals surface area contributed by atoms with Crippen LogP contribution in [0.5, 0.6) is 0 Å². The highest BCUT2D eigenvalue weighted by Gasteiger charge is 2.17. The molecule has 0 aliphatic rings. The number of rotatable bonds is 6. The number of aromatic nitrogens is 2. The Morgan fingerprint density at radius 2 is 2.00 bits per heavy atom. The first-order chi connectivity index (χ1) is 14.1. The van der Waals surface area contributed by atoms with Crippen molar-refractivity contribution in [3.8, 4) is 0 Å². The molecule has 0 bridgehead atoms. The van der Waals surface area contributed by atoms with Crippen LogP contribution in [-0.2, 0) is 24.1 Å². The maximum absolute atomic E-state index is 13.3. The first-order valence-electron chi connectivity index (χ1n) is 9.32. The quantitative estimate of drug-likeness (QED) is 0.450. The molecule has 7 heteroatoms. The summed E-state index contributed by atoms with van der Waals surface area (Å²) in [5, 5.41) is 0.614. The maximum atomic E-state index is 13.3. The van der Waals surface area contributed by atoms with Crippen molar-refractivity contribution in [3.05, 3.63) is 86.7 Å². The SMILES string of the molecule is CCc1cc2c(=O)n(Cc3ccc(C(=O)OC)o3)c(Cc3ccccc3)nc2s1. The van der Waals surface area contributed by atoms with E-state index >= 15 is 0 Å². The number of carbonyl (C=O) groups is 1. The van der Waals surface area contributed by atoms with Crippen molar-refractivity contribution >= 4 is 27.5 Å². The van der Waals surface area contributed by atoms with E-state index in [1.807, 2.05) is 36.4 Å². The topological polar surface area (TPSA) is 74.3 Å². The number of carbonyl (C=O) groups excluding carboxylic acids is 1. The van der Waals surface area contributed by atoms with Crippen LogP contribution in [0.3, 0.4) is 0 Å². The van der Waals surface area contributed by atoms with Crippen LogP contribution in [0, 0.1) is 0 Å². The van der Waals surface area contributed by atoms with Crippen LogP contribution in [0.1, 0.15) is 39.5 Å². The standard InChI is InChI=1S/C22H20N2O4S/c1-3-16-12-17-20(29-16)23-19(11-14-7-5-4-6-8-14)24(21(17)25)13-15-9-10-18(28-15)22(26)27-2/h4-10,12H,3,11,13H2,1-2H3. The minimum absolute atomic E-state index is 0.104. The van der Waals surface area contributed by atoms with Crippen LogP contribution in [0.15, 0.2) is 57.7 Å². The molecule has 0 amide bonds. The molecule has 0 spiro atoms. The van der Waals surface area contributed by atoms with Crippen molar-refractivity contribution in [2.24, 2.45) is 0 Å². The lowest BCUT2D eigenvalue weighted by molar-refractivity contribution is 0.0563. The average Bonchev–Trinajstić information content (AvgIpc) is 3.38. The van der Waals surface area contributed by atoms with Gasteiger partial charge < -0.3 is 9.15 Å². The number of methoxy groups -OCH3 is 1. The van der Waals surface area contributed by atoms with Gasteiger partial charge >= 0.3 is 5.97 Å². The molecule has 4 rings (SSSR count). The van der Waals surface area contributed by atoms with Gasteiger partial charge in [0.15, 0.2) is 0 Å². The molecule has 3 aromatic heterocycles. The molecule has 0 N–H and O–H groups in total. The van der Waals surface area contributed by atoms with E-state index in [-0.39, 0.29) is 17.9 Å². The lowest BCUT2D eigenvalue weighted by Crippen LogP contribution is -2.25. The summed E-state index contributed by atoms with van der Waals surface area (Å²) in [4.78, 5) is 31.6. The van der Waals surface area contributed by atoms with Gasteiger partial charge in [-0.25, -0.2) is 9.78 Å². The molecule has 0 saturated heterocycles. The molecule has 0 saturated carbocycles. The number of aryl methyl sites for hydroxylation is 1. The summed E-state index contributed by atoms with van der Waals surface area (Å²) < 4.78 is 11.9. The summed E-state index contributed by atoms with van der Waals surface area (Å²) in [6.07, 6.45) is 1.38. The third-order valence-electron chi connectivity index (χ3n) is 4.70. The Morgan fingerprint density at radius 1 is 1.21 bits per heavy atom. The number of esters is 1. The van der Waals surface area contributed by atoms with E-state index in [0.717, 1.165) is 21.7 Å². The Hall–Kier alpha value is -3.19. The number of benzene rings is 1. The van der Waals surface area contributed by atoms with Crippen LogP contribution in [0.4, 0.5) is 0 Å². The monoisotopic (exact) mass is 408 g/mol. The Kier molecular flexibility index (Phi) is 5.31. The summed E-state index contributed by atoms with van der Waals surface area (Å²) >= 11 is 1.55. The Bertz CT molecular complexity index is 1220. The Labute approximate surface area is 171 Å². The van der Waals surface area contributed by atoms with Gasteiger partial charge in [0.25, 0.3) is 5.56 Å².